The van der Waals surface area contributed by atoms with Crippen molar-refractivity contribution in [1.82, 2.24) is 9.80 Å². The lowest BCUT2D eigenvalue weighted by atomic mass is 10.1. The molecule has 0 spiro atoms. The average Bonchev–Trinajstić information content (AvgIpc) is 2.45. The van der Waals surface area contributed by atoms with Gasteiger partial charge in [-0.3, -0.25) is 9.80 Å². The zero-order valence-electron chi connectivity index (χ0n) is 12.5. The molecule has 2 rings (SSSR count). The summed E-state index contributed by atoms with van der Waals surface area (Å²) in [6.45, 7) is 9.24. The van der Waals surface area contributed by atoms with Crippen LogP contribution in [0.1, 0.15) is 13.8 Å². The molecule has 4 nitrogen and oxygen atoms in total. The zero-order valence-corrected chi connectivity index (χ0v) is 12.5. The van der Waals surface area contributed by atoms with Crippen LogP contribution in [0.3, 0.4) is 0 Å². The number of benzene rings is 1. The van der Waals surface area contributed by atoms with E-state index in [0.717, 1.165) is 38.5 Å². The number of nitrogens with zero attached hydrogens (tertiary/aromatic N) is 2. The van der Waals surface area contributed by atoms with Crippen LogP contribution >= 0.6 is 0 Å². The van der Waals surface area contributed by atoms with Crippen LogP contribution in [0.2, 0.25) is 0 Å². The molecule has 112 valence electrons. The van der Waals surface area contributed by atoms with Crippen molar-refractivity contribution < 1.29 is 9.84 Å². The number of piperazine rings is 1. The summed E-state index contributed by atoms with van der Waals surface area (Å²) in [5.41, 5.74) is 0. The number of hydrogen-bond acceptors (Lipinski definition) is 4. The Morgan fingerprint density at radius 2 is 1.65 bits per heavy atom. The Bertz CT molecular complexity index is 385. The van der Waals surface area contributed by atoms with Crippen LogP contribution in [0.4, 0.5) is 0 Å². The van der Waals surface area contributed by atoms with Crippen LogP contribution in [0, 0.1) is 0 Å². The van der Waals surface area contributed by atoms with Gasteiger partial charge in [-0.1, -0.05) is 18.2 Å². The van der Waals surface area contributed by atoms with E-state index in [-0.39, 0.29) is 6.61 Å². The maximum Gasteiger partial charge on any atom is 0.119 e. The lowest BCUT2D eigenvalue weighted by Crippen LogP contribution is -2.57. The van der Waals surface area contributed by atoms with Crippen LogP contribution in [-0.4, -0.2) is 66.4 Å². The van der Waals surface area contributed by atoms with Crippen molar-refractivity contribution in [3.63, 3.8) is 0 Å². The lowest BCUT2D eigenvalue weighted by Gasteiger charge is -2.43. The number of ether oxygens (including phenoxy) is 1. The summed E-state index contributed by atoms with van der Waals surface area (Å²) in [4.78, 5) is 4.83. The minimum atomic E-state index is 0.244. The molecule has 1 heterocycles. The molecule has 4 heteroatoms. The molecule has 0 amide bonds. The fraction of sp³-hybridized carbons (Fsp3) is 0.625. The highest BCUT2D eigenvalue weighted by Crippen LogP contribution is 2.15. The van der Waals surface area contributed by atoms with Crippen molar-refractivity contribution in [2.24, 2.45) is 0 Å². The average molecular weight is 278 g/mol. The summed E-state index contributed by atoms with van der Waals surface area (Å²) in [7, 11) is 0. The molecule has 1 aliphatic rings. The van der Waals surface area contributed by atoms with Gasteiger partial charge < -0.3 is 9.84 Å². The van der Waals surface area contributed by atoms with Crippen LogP contribution in [0.5, 0.6) is 5.75 Å². The molecule has 1 saturated heterocycles. The van der Waals surface area contributed by atoms with Gasteiger partial charge in [-0.15, -0.1) is 0 Å². The molecule has 20 heavy (non-hydrogen) atoms. The predicted octanol–water partition coefficient (Wildman–Crippen LogP) is 1.45. The molecule has 1 aliphatic heterocycles. The fourth-order valence-corrected chi connectivity index (χ4v) is 2.82. The Morgan fingerprint density at radius 3 is 2.25 bits per heavy atom. The Morgan fingerprint density at radius 1 is 1.05 bits per heavy atom. The molecule has 2 atom stereocenters. The maximum absolute atomic E-state index is 9.08. The topological polar surface area (TPSA) is 35.9 Å². The molecule has 0 unspecified atom stereocenters. The van der Waals surface area contributed by atoms with E-state index in [1.54, 1.807) is 0 Å². The van der Waals surface area contributed by atoms with Crippen LogP contribution < -0.4 is 4.74 Å². The van der Waals surface area contributed by atoms with Gasteiger partial charge in [-0.05, 0) is 26.0 Å². The van der Waals surface area contributed by atoms with E-state index < -0.39 is 0 Å². The van der Waals surface area contributed by atoms with Gasteiger partial charge in [0.1, 0.15) is 12.4 Å². The van der Waals surface area contributed by atoms with Crippen molar-refractivity contribution >= 4 is 0 Å². The summed E-state index contributed by atoms with van der Waals surface area (Å²) in [6, 6.07) is 11.0. The molecule has 1 N–H and O–H groups in total. The van der Waals surface area contributed by atoms with Gasteiger partial charge in [-0.25, -0.2) is 0 Å². The van der Waals surface area contributed by atoms with E-state index in [9.17, 15) is 0 Å². The van der Waals surface area contributed by atoms with E-state index in [0.29, 0.717) is 12.1 Å². The third kappa shape index (κ3) is 4.20. The molecule has 1 aromatic rings. The van der Waals surface area contributed by atoms with Crippen molar-refractivity contribution in [3.05, 3.63) is 30.3 Å². The predicted molar refractivity (Wildman–Crippen MR) is 81.1 cm³/mol. The number of rotatable bonds is 6. The highest BCUT2D eigenvalue weighted by Gasteiger charge is 2.28. The summed E-state index contributed by atoms with van der Waals surface area (Å²) in [6.07, 6.45) is 0. The molecule has 0 saturated carbocycles. The lowest BCUT2D eigenvalue weighted by molar-refractivity contribution is 0.0261. The van der Waals surface area contributed by atoms with E-state index in [4.69, 9.17) is 9.84 Å². The Labute approximate surface area is 122 Å². The molecular weight excluding hydrogens is 252 g/mol. The molecule has 0 aromatic heterocycles. The first kappa shape index (κ1) is 15.3. The quantitative estimate of drug-likeness (QED) is 0.854. The van der Waals surface area contributed by atoms with Gasteiger partial charge in [0.25, 0.3) is 0 Å². The number of hydrogen-bond donors (Lipinski definition) is 1. The van der Waals surface area contributed by atoms with Crippen molar-refractivity contribution in [1.29, 1.82) is 0 Å². The smallest absolute Gasteiger partial charge is 0.119 e. The second kappa shape index (κ2) is 7.62. The first-order valence-corrected chi connectivity index (χ1v) is 7.47. The summed E-state index contributed by atoms with van der Waals surface area (Å²) in [5.74, 6) is 0.937. The van der Waals surface area contributed by atoms with E-state index in [1.807, 2.05) is 30.3 Å². The van der Waals surface area contributed by atoms with Crippen molar-refractivity contribution in [2.75, 3.05) is 39.4 Å². The molecule has 0 aliphatic carbocycles. The standard InChI is InChI=1S/C16H26N2O2/c1-14-13-18(15(2)12-17(14)8-10-19)9-11-20-16-6-4-3-5-7-16/h3-7,14-15,19H,8-13H2,1-2H3/t14-,15+/m1/s1. The second-order valence-electron chi connectivity index (χ2n) is 5.57. The van der Waals surface area contributed by atoms with Crippen LogP contribution in [0.25, 0.3) is 0 Å². The van der Waals surface area contributed by atoms with E-state index in [2.05, 4.69) is 23.6 Å². The van der Waals surface area contributed by atoms with Gasteiger partial charge in [0.15, 0.2) is 0 Å². The monoisotopic (exact) mass is 278 g/mol. The van der Waals surface area contributed by atoms with Crippen LogP contribution in [-0.2, 0) is 0 Å². The van der Waals surface area contributed by atoms with E-state index >= 15 is 0 Å². The first-order valence-electron chi connectivity index (χ1n) is 7.47. The minimum Gasteiger partial charge on any atom is -0.492 e. The third-order valence-corrected chi connectivity index (χ3v) is 4.02. The summed E-state index contributed by atoms with van der Waals surface area (Å²) < 4.78 is 5.77. The Hall–Kier alpha value is -1.10. The summed E-state index contributed by atoms with van der Waals surface area (Å²) >= 11 is 0. The van der Waals surface area contributed by atoms with Gasteiger partial charge in [0.2, 0.25) is 0 Å². The van der Waals surface area contributed by atoms with Crippen LogP contribution in [0.15, 0.2) is 30.3 Å². The highest BCUT2D eigenvalue weighted by molar-refractivity contribution is 5.20. The fourth-order valence-electron chi connectivity index (χ4n) is 2.82. The highest BCUT2D eigenvalue weighted by atomic mass is 16.5. The zero-order chi connectivity index (χ0) is 14.4. The SMILES string of the molecule is C[C@@H]1CN(CCOc2ccccc2)[C@@H](C)CN1CCO. The van der Waals surface area contributed by atoms with Gasteiger partial charge in [0.05, 0.1) is 6.61 Å². The number of β-amino-alcohol motifs (C(OH)–C–C–N with tert-alkyl or cyclic N) is 1. The van der Waals surface area contributed by atoms with Crippen molar-refractivity contribution in [3.8, 4) is 5.75 Å². The van der Waals surface area contributed by atoms with Crippen molar-refractivity contribution in [2.45, 2.75) is 25.9 Å². The Balaban J connectivity index is 1.76. The molecule has 0 bridgehead atoms. The first-order chi connectivity index (χ1) is 9.70. The minimum absolute atomic E-state index is 0.244. The molecule has 1 fully saturated rings. The maximum atomic E-state index is 9.08. The molecular formula is C16H26N2O2. The molecule has 0 radical (unpaired) electrons. The molecule has 1 aromatic carbocycles. The van der Waals surface area contributed by atoms with Gasteiger partial charge >= 0.3 is 0 Å². The number of aliphatic hydroxyl groups excluding tert-OH is 1. The third-order valence-electron chi connectivity index (χ3n) is 4.02. The van der Waals surface area contributed by atoms with Gasteiger partial charge in [0, 0.05) is 38.3 Å². The number of para-hydroxylation sites is 1. The normalized spacial score (nSPS) is 24.8. The summed E-state index contributed by atoms with van der Waals surface area (Å²) in [5, 5.41) is 9.08. The largest absolute Gasteiger partial charge is 0.492 e. The Kier molecular flexibility index (Phi) is 5.83. The van der Waals surface area contributed by atoms with E-state index in [1.165, 1.54) is 0 Å². The second-order valence-corrected chi connectivity index (χ2v) is 5.57. The van der Waals surface area contributed by atoms with Gasteiger partial charge in [-0.2, -0.15) is 0 Å². The number of aliphatic hydroxyl groups is 1.